The van der Waals surface area contributed by atoms with Crippen molar-refractivity contribution < 1.29 is 29.3 Å². The summed E-state index contributed by atoms with van der Waals surface area (Å²) in [5.41, 5.74) is 1.19. The molecular weight excluding hydrogens is 484 g/mol. The lowest BCUT2D eigenvalue weighted by molar-refractivity contribution is -0.136. The van der Waals surface area contributed by atoms with Crippen molar-refractivity contribution in [3.63, 3.8) is 0 Å². The third kappa shape index (κ3) is 7.26. The summed E-state index contributed by atoms with van der Waals surface area (Å²) in [4.78, 5) is 27.0. The molecule has 3 N–H and O–H groups in total. The number of nitrogens with zero attached hydrogens (tertiary/aromatic N) is 1. The molecule has 1 aliphatic heterocycles. The van der Waals surface area contributed by atoms with E-state index in [0.29, 0.717) is 49.7 Å². The number of aliphatic hydroxyl groups is 2. The molecule has 0 bridgehead atoms. The van der Waals surface area contributed by atoms with E-state index < -0.39 is 23.4 Å². The number of piperidine rings is 1. The summed E-state index contributed by atoms with van der Waals surface area (Å²) in [6, 6.07) is 15.2. The molecule has 1 saturated carbocycles. The molecule has 0 aromatic heterocycles. The van der Waals surface area contributed by atoms with Gasteiger partial charge in [0.1, 0.15) is 24.1 Å². The third-order valence-electron chi connectivity index (χ3n) is 7.37. The largest absolute Gasteiger partial charge is 0.491 e. The maximum absolute atomic E-state index is 13.2. The first kappa shape index (κ1) is 27.9. The lowest BCUT2D eigenvalue weighted by atomic mass is 9.76. The molecular formula is C30H40N2O6. The fourth-order valence-corrected chi connectivity index (χ4v) is 4.97. The van der Waals surface area contributed by atoms with Gasteiger partial charge in [-0.15, -0.1) is 0 Å². The number of aliphatic hydroxyl groups excluding tert-OH is 1. The molecule has 2 aromatic carbocycles. The summed E-state index contributed by atoms with van der Waals surface area (Å²) in [7, 11) is 0. The first-order valence-electron chi connectivity index (χ1n) is 13.5. The van der Waals surface area contributed by atoms with Crippen molar-refractivity contribution in [3.05, 3.63) is 65.2 Å². The minimum absolute atomic E-state index is 0.00804. The highest BCUT2D eigenvalue weighted by atomic mass is 16.6. The summed E-state index contributed by atoms with van der Waals surface area (Å²) in [6.45, 7) is 7.21. The Labute approximate surface area is 224 Å². The number of ether oxygens (including phenoxy) is 2. The van der Waals surface area contributed by atoms with Gasteiger partial charge in [-0.2, -0.15) is 0 Å². The molecule has 8 heteroatoms. The SMILES string of the molecule is CC(C)(C)OC(=O)NCc1cccc(C2CCN(C(=O)c3cccc(OCC(O)C4(O)CCC4)c3)CC2)c1. The average Bonchev–Trinajstić information content (AvgIpc) is 2.88. The van der Waals surface area contributed by atoms with Gasteiger partial charge in [-0.1, -0.05) is 30.3 Å². The van der Waals surface area contributed by atoms with Gasteiger partial charge in [0.15, 0.2) is 0 Å². The van der Waals surface area contributed by atoms with Crippen molar-refractivity contribution in [2.45, 2.75) is 82.6 Å². The molecule has 2 amide bonds. The highest BCUT2D eigenvalue weighted by Crippen LogP contribution is 2.35. The second-order valence-corrected chi connectivity index (χ2v) is 11.5. The molecule has 2 fully saturated rings. The van der Waals surface area contributed by atoms with Crippen LogP contribution in [0.1, 0.15) is 80.3 Å². The van der Waals surface area contributed by atoms with Crippen LogP contribution in [-0.4, -0.2) is 64.1 Å². The number of rotatable bonds is 8. The van der Waals surface area contributed by atoms with Gasteiger partial charge in [0.25, 0.3) is 5.91 Å². The molecule has 4 rings (SSSR count). The predicted molar refractivity (Wildman–Crippen MR) is 144 cm³/mol. The smallest absolute Gasteiger partial charge is 0.407 e. The third-order valence-corrected chi connectivity index (χ3v) is 7.37. The van der Waals surface area contributed by atoms with Crippen molar-refractivity contribution >= 4 is 12.0 Å². The van der Waals surface area contributed by atoms with Crippen molar-refractivity contribution in [2.75, 3.05) is 19.7 Å². The summed E-state index contributed by atoms with van der Waals surface area (Å²) in [6.07, 6.45) is 2.41. The van der Waals surface area contributed by atoms with E-state index in [-0.39, 0.29) is 12.5 Å². The molecule has 2 aromatic rings. The molecule has 38 heavy (non-hydrogen) atoms. The zero-order valence-electron chi connectivity index (χ0n) is 22.6. The predicted octanol–water partition coefficient (Wildman–Crippen LogP) is 4.39. The lowest BCUT2D eigenvalue weighted by Gasteiger charge is -2.40. The summed E-state index contributed by atoms with van der Waals surface area (Å²) < 4.78 is 11.0. The van der Waals surface area contributed by atoms with Gasteiger partial charge in [0.05, 0.1) is 5.60 Å². The maximum atomic E-state index is 13.2. The first-order valence-corrected chi connectivity index (χ1v) is 13.5. The highest BCUT2D eigenvalue weighted by molar-refractivity contribution is 5.94. The molecule has 0 radical (unpaired) electrons. The van der Waals surface area contributed by atoms with Crippen molar-refractivity contribution in [1.29, 1.82) is 0 Å². The van der Waals surface area contributed by atoms with Crippen LogP contribution in [0.4, 0.5) is 4.79 Å². The topological polar surface area (TPSA) is 108 Å². The van der Waals surface area contributed by atoms with E-state index in [1.807, 2.05) is 37.8 Å². The van der Waals surface area contributed by atoms with Gasteiger partial charge in [-0.05, 0) is 88.1 Å². The Hall–Kier alpha value is -3.10. The van der Waals surface area contributed by atoms with Gasteiger partial charge in [-0.3, -0.25) is 4.79 Å². The monoisotopic (exact) mass is 524 g/mol. The molecule has 206 valence electrons. The van der Waals surface area contributed by atoms with E-state index in [1.54, 1.807) is 24.3 Å². The number of carbonyl (C=O) groups is 2. The van der Waals surface area contributed by atoms with Crippen LogP contribution in [0.5, 0.6) is 5.75 Å². The van der Waals surface area contributed by atoms with E-state index >= 15 is 0 Å². The van der Waals surface area contributed by atoms with E-state index in [2.05, 4.69) is 17.4 Å². The zero-order valence-corrected chi connectivity index (χ0v) is 22.6. The second-order valence-electron chi connectivity index (χ2n) is 11.5. The van der Waals surface area contributed by atoms with Crippen molar-refractivity contribution in [1.82, 2.24) is 10.2 Å². The number of carbonyl (C=O) groups excluding carboxylic acids is 2. The van der Waals surface area contributed by atoms with E-state index in [0.717, 1.165) is 24.8 Å². The zero-order chi connectivity index (χ0) is 27.3. The molecule has 1 atom stereocenters. The molecule has 8 nitrogen and oxygen atoms in total. The minimum atomic E-state index is -1.05. The van der Waals surface area contributed by atoms with Gasteiger partial charge in [0.2, 0.25) is 0 Å². The number of alkyl carbamates (subject to hydrolysis) is 1. The van der Waals surface area contributed by atoms with Gasteiger partial charge in [-0.25, -0.2) is 4.79 Å². The normalized spacial score (nSPS) is 18.3. The van der Waals surface area contributed by atoms with Crippen LogP contribution in [0.25, 0.3) is 0 Å². The standard InChI is InChI=1S/C30H40N2O6/c1-29(2,3)38-28(35)31-19-21-7-4-8-23(17-21)22-11-15-32(16-12-22)27(34)24-9-5-10-25(18-24)37-20-26(33)30(36)13-6-14-30/h4-5,7-10,17-18,22,26,33,36H,6,11-16,19-20H2,1-3H3,(H,31,35). The molecule has 0 spiro atoms. The first-order chi connectivity index (χ1) is 18.0. The fraction of sp³-hybridized carbons (Fsp3) is 0.533. The maximum Gasteiger partial charge on any atom is 0.407 e. The number of likely N-dealkylation sites (tertiary alicyclic amines) is 1. The quantitative estimate of drug-likeness (QED) is 0.473. The molecule has 1 unspecified atom stereocenters. The molecule has 1 heterocycles. The summed E-state index contributed by atoms with van der Waals surface area (Å²) in [5, 5.41) is 23.3. The van der Waals surface area contributed by atoms with Crippen LogP contribution < -0.4 is 10.1 Å². The van der Waals surface area contributed by atoms with Gasteiger partial charge < -0.3 is 29.9 Å². The van der Waals surface area contributed by atoms with Crippen LogP contribution in [-0.2, 0) is 11.3 Å². The number of hydrogen-bond donors (Lipinski definition) is 3. The summed E-state index contributed by atoms with van der Waals surface area (Å²) >= 11 is 0. The van der Waals surface area contributed by atoms with Crippen LogP contribution in [0.3, 0.4) is 0 Å². The Morgan fingerprint density at radius 2 is 1.82 bits per heavy atom. The Balaban J connectivity index is 1.28. The van der Waals surface area contributed by atoms with Crippen molar-refractivity contribution in [2.24, 2.45) is 0 Å². The Kier molecular flexibility index (Phi) is 8.63. The van der Waals surface area contributed by atoms with Crippen LogP contribution in [0.2, 0.25) is 0 Å². The fourth-order valence-electron chi connectivity index (χ4n) is 4.97. The molecule has 1 aliphatic carbocycles. The Morgan fingerprint density at radius 3 is 2.47 bits per heavy atom. The van der Waals surface area contributed by atoms with Crippen molar-refractivity contribution in [3.8, 4) is 5.75 Å². The number of nitrogens with one attached hydrogen (secondary N) is 1. The molecule has 2 aliphatic rings. The van der Waals surface area contributed by atoms with Gasteiger partial charge in [0, 0.05) is 25.2 Å². The van der Waals surface area contributed by atoms with Crippen LogP contribution in [0, 0.1) is 0 Å². The van der Waals surface area contributed by atoms with E-state index in [4.69, 9.17) is 9.47 Å². The Bertz CT molecular complexity index is 1120. The Morgan fingerprint density at radius 1 is 1.11 bits per heavy atom. The highest BCUT2D eigenvalue weighted by Gasteiger charge is 2.41. The van der Waals surface area contributed by atoms with Crippen LogP contribution in [0.15, 0.2) is 48.5 Å². The summed E-state index contributed by atoms with van der Waals surface area (Å²) in [5.74, 6) is 0.806. The number of amides is 2. The number of benzene rings is 2. The average molecular weight is 525 g/mol. The van der Waals surface area contributed by atoms with E-state index in [9.17, 15) is 19.8 Å². The number of hydrogen-bond acceptors (Lipinski definition) is 6. The lowest BCUT2D eigenvalue weighted by Crippen LogP contribution is -2.50. The molecule has 1 saturated heterocycles. The van der Waals surface area contributed by atoms with Gasteiger partial charge >= 0.3 is 6.09 Å². The van der Waals surface area contributed by atoms with Crippen LogP contribution >= 0.6 is 0 Å². The second kappa shape index (κ2) is 11.7. The minimum Gasteiger partial charge on any atom is -0.491 e. The van der Waals surface area contributed by atoms with E-state index in [1.165, 1.54) is 5.56 Å².